The minimum Gasteiger partial charge on any atom is -0.444 e. The van der Waals surface area contributed by atoms with Gasteiger partial charge in [0.2, 0.25) is 5.95 Å². The van der Waals surface area contributed by atoms with E-state index in [1.807, 2.05) is 4.90 Å². The summed E-state index contributed by atoms with van der Waals surface area (Å²) < 4.78 is 34.1. The van der Waals surface area contributed by atoms with E-state index in [0.717, 1.165) is 56.5 Å². The molecular formula is C27H34F2N6O2. The largest absolute Gasteiger partial charge is 0.444 e. The van der Waals surface area contributed by atoms with Gasteiger partial charge in [-0.1, -0.05) is 0 Å². The van der Waals surface area contributed by atoms with Crippen LogP contribution < -0.4 is 10.2 Å². The van der Waals surface area contributed by atoms with Gasteiger partial charge in [-0.05, 0) is 81.7 Å². The van der Waals surface area contributed by atoms with Crippen molar-refractivity contribution in [3.63, 3.8) is 0 Å². The molecule has 2 aromatic rings. The van der Waals surface area contributed by atoms with E-state index >= 15 is 0 Å². The van der Waals surface area contributed by atoms with Gasteiger partial charge >= 0.3 is 6.09 Å². The fourth-order valence-electron chi connectivity index (χ4n) is 5.02. The quantitative estimate of drug-likeness (QED) is 0.574. The molecule has 0 bridgehead atoms. The highest BCUT2D eigenvalue weighted by atomic mass is 19.1. The maximum absolute atomic E-state index is 14.7. The number of anilines is 1. The number of nitriles is 1. The first-order chi connectivity index (χ1) is 17.6. The number of benzene rings is 1. The van der Waals surface area contributed by atoms with Gasteiger partial charge in [-0.25, -0.2) is 23.5 Å². The highest BCUT2D eigenvalue weighted by Gasteiger charge is 2.38. The van der Waals surface area contributed by atoms with Crippen LogP contribution in [0.15, 0.2) is 30.6 Å². The summed E-state index contributed by atoms with van der Waals surface area (Å²) in [5.74, 6) is -0.512. The highest BCUT2D eigenvalue weighted by molar-refractivity contribution is 5.68. The van der Waals surface area contributed by atoms with Crippen molar-refractivity contribution in [1.82, 2.24) is 20.2 Å². The zero-order valence-electron chi connectivity index (χ0n) is 21.6. The average molecular weight is 513 g/mol. The smallest absolute Gasteiger partial charge is 0.407 e. The number of piperidine rings is 1. The summed E-state index contributed by atoms with van der Waals surface area (Å²) >= 11 is 0. The molecule has 2 unspecified atom stereocenters. The van der Waals surface area contributed by atoms with Crippen LogP contribution in [0.25, 0.3) is 0 Å². The number of nitrogens with zero attached hydrogens (tertiary/aromatic N) is 5. The zero-order valence-corrected chi connectivity index (χ0v) is 21.6. The minimum absolute atomic E-state index is 0.197. The number of carbonyl (C=O) groups excluding carboxylic acids is 1. The second-order valence-electron chi connectivity index (χ2n) is 10.9. The lowest BCUT2D eigenvalue weighted by Gasteiger charge is -2.27. The number of amides is 1. The molecule has 4 rings (SSSR count). The van der Waals surface area contributed by atoms with E-state index in [1.165, 1.54) is 6.07 Å². The number of nitrogens with one attached hydrogen (secondary N) is 1. The predicted octanol–water partition coefficient (Wildman–Crippen LogP) is 4.38. The maximum atomic E-state index is 14.7. The van der Waals surface area contributed by atoms with Crippen LogP contribution in [-0.2, 0) is 11.2 Å². The molecule has 8 nitrogen and oxygen atoms in total. The molecule has 2 atom stereocenters. The van der Waals surface area contributed by atoms with Crippen molar-refractivity contribution >= 4 is 12.0 Å². The average Bonchev–Trinajstić information content (AvgIpc) is 3.27. The molecule has 10 heteroatoms. The Bertz CT molecular complexity index is 1120. The fraction of sp³-hybridized carbons (Fsp3) is 0.556. The van der Waals surface area contributed by atoms with Gasteiger partial charge in [0.05, 0.1) is 6.04 Å². The summed E-state index contributed by atoms with van der Waals surface area (Å²) in [6, 6.07) is 2.84. The van der Waals surface area contributed by atoms with Crippen LogP contribution in [0.1, 0.15) is 57.1 Å². The lowest BCUT2D eigenvalue weighted by atomic mass is 9.91. The molecule has 2 fully saturated rings. The first-order valence-corrected chi connectivity index (χ1v) is 12.8. The van der Waals surface area contributed by atoms with E-state index in [1.54, 1.807) is 38.1 Å². The van der Waals surface area contributed by atoms with E-state index < -0.39 is 35.3 Å². The number of aryl methyl sites for hydroxylation is 1. The number of hydrogen-bond acceptors (Lipinski definition) is 7. The summed E-state index contributed by atoms with van der Waals surface area (Å²) in [5, 5.41) is 11.8. The van der Waals surface area contributed by atoms with Crippen molar-refractivity contribution in [2.75, 3.05) is 31.1 Å². The van der Waals surface area contributed by atoms with Crippen LogP contribution in [0.5, 0.6) is 0 Å². The molecule has 1 aromatic carbocycles. The number of likely N-dealkylation sites (tertiary alicyclic amines) is 1. The summed E-state index contributed by atoms with van der Waals surface area (Å²) in [6.45, 7) is 7.58. The molecule has 2 saturated heterocycles. The molecular weight excluding hydrogens is 478 g/mol. The fourth-order valence-corrected chi connectivity index (χ4v) is 5.02. The zero-order chi connectivity index (χ0) is 26.6. The molecule has 1 aromatic heterocycles. The predicted molar refractivity (Wildman–Crippen MR) is 135 cm³/mol. The number of carbonyl (C=O) groups is 1. The van der Waals surface area contributed by atoms with Gasteiger partial charge in [0.1, 0.15) is 17.2 Å². The highest BCUT2D eigenvalue weighted by Crippen LogP contribution is 2.32. The van der Waals surface area contributed by atoms with Gasteiger partial charge in [-0.2, -0.15) is 5.26 Å². The lowest BCUT2D eigenvalue weighted by Crippen LogP contribution is -2.43. The maximum Gasteiger partial charge on any atom is 0.407 e. The van der Waals surface area contributed by atoms with Gasteiger partial charge in [0.25, 0.3) is 0 Å². The molecule has 3 heterocycles. The van der Waals surface area contributed by atoms with E-state index in [4.69, 9.17) is 10.00 Å². The van der Waals surface area contributed by atoms with Crippen LogP contribution in [-0.4, -0.2) is 58.8 Å². The van der Waals surface area contributed by atoms with E-state index in [0.29, 0.717) is 25.0 Å². The molecule has 1 amide bonds. The van der Waals surface area contributed by atoms with Crippen LogP contribution >= 0.6 is 0 Å². The van der Waals surface area contributed by atoms with Gasteiger partial charge in [0.15, 0.2) is 6.19 Å². The number of hydrogen-bond donors (Lipinski definition) is 1. The third-order valence-electron chi connectivity index (χ3n) is 6.95. The van der Waals surface area contributed by atoms with E-state index in [9.17, 15) is 13.6 Å². The Balaban J connectivity index is 1.43. The monoisotopic (exact) mass is 512 g/mol. The molecule has 0 radical (unpaired) electrons. The molecule has 0 spiro atoms. The standard InChI is InChI=1S/C27H34F2N6O2/c1-27(2,3)37-26(36)33-24-16-35(15-22(24)21-12-20(28)6-7-23(21)29)25-31-13-19(14-32-25)5-4-18-8-10-34(17-30)11-9-18/h6-7,12-14,18,22,24H,4-5,8-11,15-16H2,1-3H3,(H,33,36). The Hall–Kier alpha value is -3.48. The SMILES string of the molecule is CC(C)(C)OC(=O)NC1CN(c2ncc(CCC3CCN(C#N)CC3)cn2)CC1c1cc(F)ccc1F. The summed E-state index contributed by atoms with van der Waals surface area (Å²) in [4.78, 5) is 25.3. The van der Waals surface area contributed by atoms with Crippen molar-refractivity contribution in [2.45, 2.75) is 64.0 Å². The van der Waals surface area contributed by atoms with Gasteiger partial charge < -0.3 is 19.9 Å². The second-order valence-corrected chi connectivity index (χ2v) is 10.9. The Morgan fingerprint density at radius 2 is 1.89 bits per heavy atom. The normalized spacial score (nSPS) is 20.5. The number of rotatable bonds is 6. The van der Waals surface area contributed by atoms with Crippen molar-refractivity contribution in [3.8, 4) is 6.19 Å². The van der Waals surface area contributed by atoms with Crippen molar-refractivity contribution in [2.24, 2.45) is 5.92 Å². The number of halogens is 2. The van der Waals surface area contributed by atoms with Crippen LogP contribution in [0, 0.1) is 29.0 Å². The minimum atomic E-state index is -0.687. The topological polar surface area (TPSA) is 94.4 Å². The third-order valence-corrected chi connectivity index (χ3v) is 6.95. The lowest BCUT2D eigenvalue weighted by molar-refractivity contribution is 0.0504. The number of alkyl carbamates (subject to hydrolysis) is 1. The summed E-state index contributed by atoms with van der Waals surface area (Å²) in [6.07, 6.45) is 9.13. The summed E-state index contributed by atoms with van der Waals surface area (Å²) in [5.41, 5.74) is 0.539. The molecule has 2 aliphatic heterocycles. The molecule has 198 valence electrons. The molecule has 0 saturated carbocycles. The number of ether oxygens (including phenoxy) is 1. The van der Waals surface area contributed by atoms with Crippen molar-refractivity contribution in [3.05, 3.63) is 53.4 Å². The molecule has 1 N–H and O–H groups in total. The first-order valence-electron chi connectivity index (χ1n) is 12.8. The first kappa shape index (κ1) is 26.6. The van der Waals surface area contributed by atoms with Crippen molar-refractivity contribution in [1.29, 1.82) is 5.26 Å². The Labute approximate surface area is 216 Å². The third kappa shape index (κ3) is 7.06. The van der Waals surface area contributed by atoms with E-state index in [2.05, 4.69) is 21.5 Å². The van der Waals surface area contributed by atoms with E-state index in [-0.39, 0.29) is 5.56 Å². The summed E-state index contributed by atoms with van der Waals surface area (Å²) in [7, 11) is 0. The molecule has 37 heavy (non-hydrogen) atoms. The van der Waals surface area contributed by atoms with Crippen LogP contribution in [0.4, 0.5) is 19.5 Å². The van der Waals surface area contributed by atoms with Gasteiger partial charge in [-0.15, -0.1) is 0 Å². The Morgan fingerprint density at radius 1 is 1.19 bits per heavy atom. The van der Waals surface area contributed by atoms with Crippen molar-refractivity contribution < 1.29 is 18.3 Å². The number of aromatic nitrogens is 2. The van der Waals surface area contributed by atoms with Crippen LogP contribution in [0.2, 0.25) is 0 Å². The van der Waals surface area contributed by atoms with Gasteiger partial charge in [-0.3, -0.25) is 0 Å². The Kier molecular flexibility index (Phi) is 8.10. The van der Waals surface area contributed by atoms with Gasteiger partial charge in [0, 0.05) is 44.5 Å². The molecule has 2 aliphatic rings. The van der Waals surface area contributed by atoms with Crippen LogP contribution in [0.3, 0.4) is 0 Å². The second kappa shape index (κ2) is 11.3. The Morgan fingerprint density at radius 3 is 2.54 bits per heavy atom. The molecule has 0 aliphatic carbocycles.